The van der Waals surface area contributed by atoms with Crippen molar-refractivity contribution in [1.29, 1.82) is 0 Å². The Balaban J connectivity index is 2.13. The number of hydrogen-bond donors (Lipinski definition) is 1. The lowest BCUT2D eigenvalue weighted by Gasteiger charge is -2.09. The van der Waals surface area contributed by atoms with E-state index in [1.165, 1.54) is 11.8 Å². The van der Waals surface area contributed by atoms with Crippen LogP contribution in [-0.4, -0.2) is 33.7 Å². The van der Waals surface area contributed by atoms with Gasteiger partial charge < -0.3 is 4.74 Å². The van der Waals surface area contributed by atoms with Gasteiger partial charge in [0.1, 0.15) is 0 Å². The highest BCUT2D eigenvalue weighted by molar-refractivity contribution is 7.98. The van der Waals surface area contributed by atoms with E-state index in [0.29, 0.717) is 6.54 Å². The normalized spacial score (nSPS) is 21.6. The molecule has 78 valence electrons. The van der Waals surface area contributed by atoms with Gasteiger partial charge in [-0.3, -0.25) is 4.57 Å². The molecule has 1 saturated heterocycles. The predicted molar refractivity (Wildman–Crippen MR) is 53.6 cm³/mol. The maximum absolute atomic E-state index is 11.4. The molecule has 14 heavy (non-hydrogen) atoms. The largest absolute Gasteiger partial charge is 0.376 e. The van der Waals surface area contributed by atoms with Crippen LogP contribution in [-0.2, 0) is 11.3 Å². The third kappa shape index (κ3) is 1.85. The Bertz CT molecular complexity index is 354. The van der Waals surface area contributed by atoms with Gasteiger partial charge in [0.15, 0.2) is 5.16 Å². The summed E-state index contributed by atoms with van der Waals surface area (Å²) in [6.07, 6.45) is 4.20. The molecule has 0 saturated carbocycles. The molecule has 1 fully saturated rings. The molecule has 0 bridgehead atoms. The fraction of sp³-hybridized carbons (Fsp3) is 0.750. The summed E-state index contributed by atoms with van der Waals surface area (Å²) in [5.41, 5.74) is -0.148. The summed E-state index contributed by atoms with van der Waals surface area (Å²) in [7, 11) is 0. The monoisotopic (exact) mass is 215 g/mol. The van der Waals surface area contributed by atoms with Crippen molar-refractivity contribution in [2.24, 2.45) is 0 Å². The Labute approximate surface area is 85.8 Å². The molecule has 1 aliphatic heterocycles. The minimum Gasteiger partial charge on any atom is -0.376 e. The molecule has 1 aliphatic rings. The number of thioether (sulfide) groups is 1. The molecule has 2 heterocycles. The van der Waals surface area contributed by atoms with Gasteiger partial charge in [-0.2, -0.15) is 0 Å². The highest BCUT2D eigenvalue weighted by Gasteiger charge is 2.18. The van der Waals surface area contributed by atoms with Crippen LogP contribution < -0.4 is 5.69 Å². The van der Waals surface area contributed by atoms with Crippen molar-refractivity contribution in [3.8, 4) is 0 Å². The Morgan fingerprint density at radius 2 is 2.64 bits per heavy atom. The number of H-pyrrole nitrogens is 1. The lowest BCUT2D eigenvalue weighted by molar-refractivity contribution is 0.0941. The zero-order valence-corrected chi connectivity index (χ0v) is 8.84. The first-order chi connectivity index (χ1) is 6.81. The summed E-state index contributed by atoms with van der Waals surface area (Å²) in [6.45, 7) is 1.43. The smallest absolute Gasteiger partial charge is 0.344 e. The molecule has 0 amide bonds. The first-order valence-corrected chi connectivity index (χ1v) is 5.84. The van der Waals surface area contributed by atoms with Gasteiger partial charge in [0.05, 0.1) is 12.6 Å². The Kier molecular flexibility index (Phi) is 2.93. The Morgan fingerprint density at radius 3 is 3.29 bits per heavy atom. The quantitative estimate of drug-likeness (QED) is 0.745. The minimum atomic E-state index is -0.148. The van der Waals surface area contributed by atoms with Gasteiger partial charge in [-0.15, -0.1) is 5.10 Å². The molecular formula is C8H13N3O2S. The van der Waals surface area contributed by atoms with Gasteiger partial charge in [-0.05, 0) is 19.1 Å². The molecule has 5 nitrogen and oxygen atoms in total. The highest BCUT2D eigenvalue weighted by atomic mass is 32.2. The van der Waals surface area contributed by atoms with Crippen molar-refractivity contribution in [2.75, 3.05) is 12.9 Å². The second-order valence-electron chi connectivity index (χ2n) is 3.26. The van der Waals surface area contributed by atoms with Crippen LogP contribution in [0.2, 0.25) is 0 Å². The fourth-order valence-electron chi connectivity index (χ4n) is 1.61. The van der Waals surface area contributed by atoms with Crippen LogP contribution in [0.3, 0.4) is 0 Å². The zero-order chi connectivity index (χ0) is 9.97. The van der Waals surface area contributed by atoms with E-state index in [4.69, 9.17) is 4.74 Å². The Morgan fingerprint density at radius 1 is 1.79 bits per heavy atom. The summed E-state index contributed by atoms with van der Waals surface area (Å²) < 4.78 is 7.11. The number of hydrogen-bond acceptors (Lipinski definition) is 4. The third-order valence-corrected chi connectivity index (χ3v) is 2.99. The van der Waals surface area contributed by atoms with Crippen LogP contribution in [0, 0.1) is 0 Å². The van der Waals surface area contributed by atoms with Crippen LogP contribution in [0.1, 0.15) is 12.8 Å². The maximum Gasteiger partial charge on any atom is 0.344 e. The maximum atomic E-state index is 11.4. The van der Waals surface area contributed by atoms with Gasteiger partial charge in [-0.1, -0.05) is 11.8 Å². The van der Waals surface area contributed by atoms with E-state index in [2.05, 4.69) is 10.2 Å². The second-order valence-corrected chi connectivity index (χ2v) is 4.03. The molecule has 0 aliphatic carbocycles. The molecule has 1 aromatic rings. The van der Waals surface area contributed by atoms with Crippen molar-refractivity contribution >= 4 is 11.8 Å². The van der Waals surface area contributed by atoms with Gasteiger partial charge >= 0.3 is 5.69 Å². The van der Waals surface area contributed by atoms with Crippen LogP contribution in [0.15, 0.2) is 9.95 Å². The molecule has 1 unspecified atom stereocenters. The number of nitrogens with one attached hydrogen (secondary N) is 1. The number of rotatable bonds is 3. The topological polar surface area (TPSA) is 59.9 Å². The van der Waals surface area contributed by atoms with Crippen LogP contribution in [0.4, 0.5) is 0 Å². The van der Waals surface area contributed by atoms with Crippen molar-refractivity contribution in [3.05, 3.63) is 10.5 Å². The van der Waals surface area contributed by atoms with Gasteiger partial charge in [0, 0.05) is 6.61 Å². The van der Waals surface area contributed by atoms with E-state index >= 15 is 0 Å². The fourth-order valence-corrected chi connectivity index (χ4v) is 2.13. The molecule has 1 N–H and O–H groups in total. The molecule has 0 aromatic carbocycles. The van der Waals surface area contributed by atoms with E-state index in [9.17, 15) is 4.79 Å². The summed E-state index contributed by atoms with van der Waals surface area (Å²) >= 11 is 1.46. The average molecular weight is 215 g/mol. The SMILES string of the molecule is CSc1n[nH]c(=O)n1CC1CCCO1. The van der Waals surface area contributed by atoms with E-state index < -0.39 is 0 Å². The highest BCUT2D eigenvalue weighted by Crippen LogP contribution is 2.15. The molecule has 2 rings (SSSR count). The molecular weight excluding hydrogens is 202 g/mol. The third-order valence-electron chi connectivity index (χ3n) is 2.32. The molecule has 6 heteroatoms. The summed E-state index contributed by atoms with van der Waals surface area (Å²) in [5.74, 6) is 0. The van der Waals surface area contributed by atoms with E-state index in [1.54, 1.807) is 4.57 Å². The van der Waals surface area contributed by atoms with Gasteiger partial charge in [0.2, 0.25) is 0 Å². The second kappa shape index (κ2) is 4.18. The molecule has 0 radical (unpaired) electrons. The van der Waals surface area contributed by atoms with Crippen molar-refractivity contribution < 1.29 is 4.74 Å². The van der Waals surface area contributed by atoms with Crippen molar-refractivity contribution in [2.45, 2.75) is 30.6 Å². The standard InChI is InChI=1S/C8H13N3O2S/c1-14-8-10-9-7(12)11(8)5-6-3-2-4-13-6/h6H,2-5H2,1H3,(H,9,12). The van der Waals surface area contributed by atoms with E-state index in [-0.39, 0.29) is 11.8 Å². The minimum absolute atomic E-state index is 0.148. The van der Waals surface area contributed by atoms with Gasteiger partial charge in [-0.25, -0.2) is 9.89 Å². The van der Waals surface area contributed by atoms with Crippen molar-refractivity contribution in [3.63, 3.8) is 0 Å². The lowest BCUT2D eigenvalue weighted by Crippen LogP contribution is -2.24. The van der Waals surface area contributed by atoms with E-state index in [0.717, 1.165) is 24.6 Å². The van der Waals surface area contributed by atoms with Gasteiger partial charge in [0.25, 0.3) is 0 Å². The summed E-state index contributed by atoms with van der Waals surface area (Å²) in [6, 6.07) is 0. The molecule has 1 atom stereocenters. The average Bonchev–Trinajstić information content (AvgIpc) is 2.79. The van der Waals surface area contributed by atoms with Crippen LogP contribution in [0.5, 0.6) is 0 Å². The van der Waals surface area contributed by atoms with Crippen LogP contribution in [0.25, 0.3) is 0 Å². The Hall–Kier alpha value is -0.750. The summed E-state index contributed by atoms with van der Waals surface area (Å²) in [5, 5.41) is 7.08. The van der Waals surface area contributed by atoms with E-state index in [1.807, 2.05) is 6.26 Å². The number of aromatic amines is 1. The molecule has 1 aromatic heterocycles. The first-order valence-electron chi connectivity index (χ1n) is 4.62. The number of nitrogens with zero attached hydrogens (tertiary/aromatic N) is 2. The zero-order valence-electron chi connectivity index (χ0n) is 8.02. The predicted octanol–water partition coefficient (Wildman–Crippen LogP) is 0.472. The number of ether oxygens (including phenoxy) is 1. The lowest BCUT2D eigenvalue weighted by atomic mass is 10.2. The van der Waals surface area contributed by atoms with Crippen molar-refractivity contribution in [1.82, 2.24) is 14.8 Å². The van der Waals surface area contributed by atoms with Crippen LogP contribution >= 0.6 is 11.8 Å². The number of aromatic nitrogens is 3. The summed E-state index contributed by atoms with van der Waals surface area (Å²) in [4.78, 5) is 11.4. The molecule has 0 spiro atoms. The first kappa shape index (κ1) is 9.79.